The minimum Gasteiger partial charge on any atom is -0.383 e. The smallest absolute Gasteiger partial charge is 0.134 e. The molecule has 0 fully saturated rings. The van der Waals surface area contributed by atoms with Gasteiger partial charge in [0.1, 0.15) is 5.84 Å². The van der Waals surface area contributed by atoms with E-state index in [1.807, 2.05) is 30.3 Å². The van der Waals surface area contributed by atoms with Crippen molar-refractivity contribution in [3.63, 3.8) is 0 Å². The van der Waals surface area contributed by atoms with Gasteiger partial charge in [-0.15, -0.1) is 0 Å². The molecule has 3 N–H and O–H groups in total. The van der Waals surface area contributed by atoms with Crippen LogP contribution >= 0.6 is 23.8 Å². The maximum Gasteiger partial charge on any atom is 0.134 e. The molecule has 0 amide bonds. The van der Waals surface area contributed by atoms with Crippen molar-refractivity contribution < 1.29 is 0 Å². The van der Waals surface area contributed by atoms with Gasteiger partial charge in [-0.2, -0.15) is 0 Å². The summed E-state index contributed by atoms with van der Waals surface area (Å²) in [5.74, 6) is -0.176. The van der Waals surface area contributed by atoms with Crippen LogP contribution < -0.4 is 5.73 Å². The molecule has 0 atom stereocenters. The van der Waals surface area contributed by atoms with Crippen molar-refractivity contribution >= 4 is 34.5 Å². The van der Waals surface area contributed by atoms with Crippen LogP contribution in [0.3, 0.4) is 0 Å². The zero-order valence-electron chi connectivity index (χ0n) is 7.33. The number of benzene rings is 1. The van der Waals surface area contributed by atoms with E-state index in [9.17, 15) is 0 Å². The predicted molar refractivity (Wildman–Crippen MR) is 64.0 cm³/mol. The summed E-state index contributed by atoms with van der Waals surface area (Å²) in [4.78, 5) is 0.575. The molecule has 0 saturated carbocycles. The highest BCUT2D eigenvalue weighted by Gasteiger charge is 2.00. The lowest BCUT2D eigenvalue weighted by Crippen LogP contribution is -2.10. The lowest BCUT2D eigenvalue weighted by molar-refractivity contribution is 1.46. The molecule has 1 rings (SSSR count). The van der Waals surface area contributed by atoms with Gasteiger partial charge in [0.05, 0.1) is 5.03 Å². The van der Waals surface area contributed by atoms with E-state index in [1.165, 1.54) is 6.08 Å². The second kappa shape index (κ2) is 4.88. The Morgan fingerprint density at radius 1 is 1.36 bits per heavy atom. The summed E-state index contributed by atoms with van der Waals surface area (Å²) in [6, 6.07) is 9.43. The minimum atomic E-state index is -0.176. The number of hydrogen-bond donors (Lipinski definition) is 2. The maximum absolute atomic E-state index is 7.07. The number of amidine groups is 1. The predicted octanol–water partition coefficient (Wildman–Crippen LogP) is 2.46. The molecule has 2 nitrogen and oxygen atoms in total. The molecule has 0 saturated heterocycles. The van der Waals surface area contributed by atoms with Gasteiger partial charge < -0.3 is 5.73 Å². The Morgan fingerprint density at radius 3 is 2.43 bits per heavy atom. The topological polar surface area (TPSA) is 49.9 Å². The van der Waals surface area contributed by atoms with Gasteiger partial charge >= 0.3 is 0 Å². The molecule has 0 bridgehead atoms. The van der Waals surface area contributed by atoms with Crippen molar-refractivity contribution in [2.24, 2.45) is 5.73 Å². The normalized spacial score (nSPS) is 11.1. The van der Waals surface area contributed by atoms with E-state index in [2.05, 4.69) is 0 Å². The highest BCUT2D eigenvalue weighted by molar-refractivity contribution is 7.81. The van der Waals surface area contributed by atoms with Crippen LogP contribution in [0.25, 0.3) is 0 Å². The molecule has 0 aliphatic carbocycles. The summed E-state index contributed by atoms with van der Waals surface area (Å²) < 4.78 is 0. The molecule has 1 aromatic rings. The Bertz CT molecular complexity index is 384. The maximum atomic E-state index is 7.07. The van der Waals surface area contributed by atoms with Crippen molar-refractivity contribution in [2.45, 2.75) is 0 Å². The Balaban J connectivity index is 2.88. The van der Waals surface area contributed by atoms with Crippen molar-refractivity contribution in [1.82, 2.24) is 0 Å². The fourth-order valence-electron chi connectivity index (χ4n) is 0.879. The van der Waals surface area contributed by atoms with Crippen molar-refractivity contribution in [1.29, 1.82) is 5.41 Å². The van der Waals surface area contributed by atoms with E-state index in [0.717, 1.165) is 5.56 Å². The van der Waals surface area contributed by atoms with Gasteiger partial charge in [0.2, 0.25) is 0 Å². The quantitative estimate of drug-likeness (QED) is 0.273. The molecule has 72 valence electrons. The van der Waals surface area contributed by atoms with Crippen LogP contribution in [0.15, 0.2) is 41.4 Å². The van der Waals surface area contributed by atoms with E-state index in [-0.39, 0.29) is 10.9 Å². The third kappa shape index (κ3) is 2.94. The van der Waals surface area contributed by atoms with Gasteiger partial charge in [-0.1, -0.05) is 54.2 Å². The number of halogens is 1. The molecule has 0 aromatic heterocycles. The lowest BCUT2D eigenvalue weighted by atomic mass is 10.1. The highest BCUT2D eigenvalue weighted by atomic mass is 35.5. The molecule has 0 heterocycles. The monoisotopic (exact) mass is 224 g/mol. The summed E-state index contributed by atoms with van der Waals surface area (Å²) in [6.07, 6.45) is 1.51. The number of hydrogen-bond acceptors (Lipinski definition) is 2. The minimum absolute atomic E-state index is 0.166. The number of rotatable bonds is 3. The second-order valence-corrected chi connectivity index (χ2v) is 3.48. The standard InChI is InChI=1S/C10H9ClN2S/c11-8(10(12)13)6-9(14)7-4-2-1-3-5-7/h1-6H,(H3,12,13)/b8-6+. The molecular weight excluding hydrogens is 216 g/mol. The van der Waals surface area contributed by atoms with Crippen LogP contribution in [0, 0.1) is 5.41 Å². The first-order chi connectivity index (χ1) is 6.61. The van der Waals surface area contributed by atoms with Gasteiger partial charge in [0.25, 0.3) is 0 Å². The molecule has 0 aliphatic rings. The molecule has 0 unspecified atom stereocenters. The van der Waals surface area contributed by atoms with Crippen LogP contribution in [-0.2, 0) is 0 Å². The number of nitrogens with two attached hydrogens (primary N) is 1. The van der Waals surface area contributed by atoms with Crippen LogP contribution in [0.4, 0.5) is 0 Å². The lowest BCUT2D eigenvalue weighted by Gasteiger charge is -1.99. The van der Waals surface area contributed by atoms with Crippen LogP contribution in [0.5, 0.6) is 0 Å². The first kappa shape index (κ1) is 10.9. The Morgan fingerprint density at radius 2 is 1.93 bits per heavy atom. The van der Waals surface area contributed by atoms with Crippen molar-refractivity contribution in [3.8, 4) is 0 Å². The second-order valence-electron chi connectivity index (χ2n) is 2.64. The fraction of sp³-hybridized carbons (Fsp3) is 0. The average molecular weight is 225 g/mol. The van der Waals surface area contributed by atoms with E-state index < -0.39 is 0 Å². The Kier molecular flexibility index (Phi) is 3.80. The zero-order chi connectivity index (χ0) is 10.6. The van der Waals surface area contributed by atoms with Gasteiger partial charge in [-0.3, -0.25) is 5.41 Å². The summed E-state index contributed by atoms with van der Waals surface area (Å²) in [5, 5.41) is 7.24. The number of allylic oxidation sites excluding steroid dienone is 1. The van der Waals surface area contributed by atoms with Crippen LogP contribution in [-0.4, -0.2) is 10.7 Å². The van der Waals surface area contributed by atoms with Crippen LogP contribution in [0.2, 0.25) is 0 Å². The molecule has 14 heavy (non-hydrogen) atoms. The van der Waals surface area contributed by atoms with Gasteiger partial charge in [-0.25, -0.2) is 0 Å². The number of thiocarbonyl (C=S) groups is 1. The molecule has 4 heteroatoms. The summed E-state index contributed by atoms with van der Waals surface area (Å²) in [7, 11) is 0. The zero-order valence-corrected chi connectivity index (χ0v) is 8.90. The molecular formula is C10H9ClN2S. The van der Waals surface area contributed by atoms with E-state index >= 15 is 0 Å². The fourth-order valence-corrected chi connectivity index (χ4v) is 1.31. The number of nitrogens with one attached hydrogen (secondary N) is 1. The van der Waals surface area contributed by atoms with Gasteiger partial charge in [0, 0.05) is 4.86 Å². The SMILES string of the molecule is N=C(N)/C(Cl)=C\C(=S)c1ccccc1. The third-order valence-electron chi connectivity index (χ3n) is 1.57. The van der Waals surface area contributed by atoms with Gasteiger partial charge in [-0.05, 0) is 11.6 Å². The van der Waals surface area contributed by atoms with Crippen LogP contribution in [0.1, 0.15) is 5.56 Å². The summed E-state index contributed by atoms with van der Waals surface area (Å²) >= 11 is 10.8. The average Bonchev–Trinajstić information content (AvgIpc) is 2.19. The molecule has 0 radical (unpaired) electrons. The Labute approximate surface area is 92.9 Å². The molecule has 0 aliphatic heterocycles. The van der Waals surface area contributed by atoms with E-state index in [1.54, 1.807) is 0 Å². The summed E-state index contributed by atoms with van der Waals surface area (Å²) in [5.41, 5.74) is 6.08. The van der Waals surface area contributed by atoms with Crippen molar-refractivity contribution in [2.75, 3.05) is 0 Å². The largest absolute Gasteiger partial charge is 0.383 e. The van der Waals surface area contributed by atoms with E-state index in [0.29, 0.717) is 4.86 Å². The summed E-state index contributed by atoms with van der Waals surface area (Å²) in [6.45, 7) is 0. The van der Waals surface area contributed by atoms with Crippen molar-refractivity contribution in [3.05, 3.63) is 47.0 Å². The molecule has 0 spiro atoms. The third-order valence-corrected chi connectivity index (χ3v) is 2.24. The molecule has 1 aromatic carbocycles. The van der Waals surface area contributed by atoms with E-state index in [4.69, 9.17) is 35.0 Å². The highest BCUT2D eigenvalue weighted by Crippen LogP contribution is 2.07. The van der Waals surface area contributed by atoms with Gasteiger partial charge in [0.15, 0.2) is 0 Å². The first-order valence-corrected chi connectivity index (χ1v) is 4.71. The Hall–Kier alpha value is -1.19. The first-order valence-electron chi connectivity index (χ1n) is 3.92.